The molecule has 0 spiro atoms. The number of carboxylic acid groups (broad SMARTS) is 1. The van der Waals surface area contributed by atoms with E-state index in [1.165, 1.54) is 34.8 Å². The first-order valence-corrected chi connectivity index (χ1v) is 40.6. The number of carboxylic acids is 1. The highest BCUT2D eigenvalue weighted by molar-refractivity contribution is 7.78. The van der Waals surface area contributed by atoms with E-state index in [2.05, 4.69) is 57.2 Å². The van der Waals surface area contributed by atoms with Crippen LogP contribution >= 0.6 is 47.1 Å². The molecule has 0 radical (unpaired) electrons. The first kappa shape index (κ1) is 88.7. The molecule has 9 aromatic rings. The number of aromatic hydroxyl groups is 2. The Bertz CT molecular complexity index is 4970. The maximum Gasteiger partial charge on any atom is 0.330 e. The number of aliphatic carboxylic acids is 1. The van der Waals surface area contributed by atoms with Crippen LogP contribution in [-0.2, 0) is 57.4 Å². The molecule has 0 atom stereocenters. The number of thiazole rings is 2. The van der Waals surface area contributed by atoms with Crippen LogP contribution in [0.15, 0.2) is 194 Å². The van der Waals surface area contributed by atoms with Crippen molar-refractivity contribution in [3.8, 4) is 78.6 Å². The van der Waals surface area contributed by atoms with Gasteiger partial charge in [-0.25, -0.2) is 24.4 Å². The van der Waals surface area contributed by atoms with E-state index in [-0.39, 0.29) is 72.6 Å². The van der Waals surface area contributed by atoms with Crippen molar-refractivity contribution in [2.45, 2.75) is 96.3 Å². The van der Waals surface area contributed by atoms with Gasteiger partial charge in [-0.2, -0.15) is 9.98 Å². The largest absolute Gasteiger partial charge is 0.506 e. The molecule has 27 nitrogen and oxygen atoms in total. The van der Waals surface area contributed by atoms with Crippen molar-refractivity contribution < 1.29 is 111 Å². The molecule has 7 aromatic carbocycles. The van der Waals surface area contributed by atoms with Gasteiger partial charge in [0, 0.05) is 48.6 Å². The Kier molecular flexibility index (Phi) is 33.7. The molecule has 3 aliphatic rings. The SMILES string of the molecule is C=CC(=O)OCCCOc1ccc(OC(=O)C2CCC(C(=O)O)CC2)cc1.C=CC(=O)OCCCOc1ccc(OC(=O)C2CCC(C(=O)Oc3ccc(OC(=O)C4CCC(C(=O)Oc5ccc(OCCCOC(=O)C=C)cc5)CC4)c4sc(-c5ccc(N=C=S)cc5)nc34)CC2)cc1.Oc1ccc(O)c2sc(-c3ccc(N=C=S)cc3)nc12. The number of nitrogens with zero attached hydrogens (tertiary/aromatic N) is 4. The van der Waals surface area contributed by atoms with Crippen LogP contribution in [0.25, 0.3) is 41.6 Å². The third kappa shape index (κ3) is 26.7. The molecule has 3 fully saturated rings. The Morgan fingerprint density at radius 3 is 1.02 bits per heavy atom. The zero-order valence-corrected chi connectivity index (χ0v) is 67.7. The van der Waals surface area contributed by atoms with Gasteiger partial charge < -0.3 is 67.4 Å². The highest BCUT2D eigenvalue weighted by atomic mass is 32.1. The normalized spacial score (nSPS) is 16.5. The highest BCUT2D eigenvalue weighted by Crippen LogP contribution is 2.44. The minimum atomic E-state index is -0.795. The third-order valence-corrected chi connectivity index (χ3v) is 21.6. The molecule has 0 unspecified atom stereocenters. The fraction of sp³-hybridized carbons (Fsp3) is 0.307. The zero-order chi connectivity index (χ0) is 84.6. The van der Waals surface area contributed by atoms with Crippen LogP contribution in [0.2, 0.25) is 0 Å². The summed E-state index contributed by atoms with van der Waals surface area (Å²) in [5.41, 5.74) is 3.72. The van der Waals surface area contributed by atoms with E-state index < -0.39 is 59.5 Å². The predicted molar refractivity (Wildman–Crippen MR) is 448 cm³/mol. The molecule has 0 aliphatic heterocycles. The van der Waals surface area contributed by atoms with Crippen molar-refractivity contribution >= 4 is 143 Å². The molecule has 2 aromatic heterocycles. The number of aromatic nitrogens is 2. The number of hydrogen-bond donors (Lipinski definition) is 3. The van der Waals surface area contributed by atoms with Crippen molar-refractivity contribution in [2.24, 2.45) is 45.5 Å². The molecule has 0 saturated heterocycles. The standard InChI is InChI=1S/C54H52N2O14S2.C20H24O7.C14H8N2O2S2/c1-3-46(57)65-31-5-29-63-40-19-23-42(24-20-40)67-51(59)35-7-11-37(12-8-35)53(61)69-44-27-28-45(49-48(44)56-50(72-49)34-15-17-39(18-16-34)55-33-71)70-54(62)38-13-9-36(10-14-38)52(60)68-43-25-21-41(22-26-43)64-30-6-32-66-47(58)4-2;1-2-18(21)26-13-3-12-25-16-8-10-17(11-9-16)27-20(24)15-6-4-14(5-7-15)19(22)23;17-10-5-6-11(18)13-12(10)16-14(20-13)8-1-3-9(4-2-8)15-7-19/h3-4,15-28,35-38H,1-2,5-14,29-32H2;2,8-11,14-15H,1,3-7,12-13H2,(H,22,23);1-6,17-18H. The van der Waals surface area contributed by atoms with Gasteiger partial charge in [0.2, 0.25) is 0 Å². The zero-order valence-electron chi connectivity index (χ0n) is 64.5. The molecule has 2 heterocycles. The number of fused-ring (bicyclic) bond motifs is 2. The fourth-order valence-corrected chi connectivity index (χ4v) is 15.0. The maximum absolute atomic E-state index is 13.7. The van der Waals surface area contributed by atoms with E-state index in [4.69, 9.17) is 74.4 Å². The number of thiocarbonyl (C=S) groups is 2. The Morgan fingerprint density at radius 1 is 0.378 bits per heavy atom. The molecular weight excluding hydrogens is 1610 g/mol. The van der Waals surface area contributed by atoms with E-state index in [1.54, 1.807) is 109 Å². The average Bonchev–Trinajstić information content (AvgIpc) is 1.64. The molecule has 119 heavy (non-hydrogen) atoms. The summed E-state index contributed by atoms with van der Waals surface area (Å²) in [4.78, 5) is 127. The van der Waals surface area contributed by atoms with Crippen LogP contribution in [0.3, 0.4) is 0 Å². The molecule has 12 rings (SSSR count). The summed E-state index contributed by atoms with van der Waals surface area (Å²) in [7, 11) is 0. The van der Waals surface area contributed by atoms with Crippen LogP contribution in [-0.4, -0.2) is 129 Å². The number of aliphatic imine (C=N–C) groups is 2. The molecule has 31 heteroatoms. The molecule has 3 aliphatic carbocycles. The van der Waals surface area contributed by atoms with Gasteiger partial charge in [-0.1, -0.05) is 19.7 Å². The smallest absolute Gasteiger partial charge is 0.330 e. The third-order valence-electron chi connectivity index (χ3n) is 19.2. The van der Waals surface area contributed by atoms with Crippen molar-refractivity contribution in [3.05, 3.63) is 184 Å². The number of hydrogen-bond acceptors (Lipinski definition) is 30. The predicted octanol–water partition coefficient (Wildman–Crippen LogP) is 17.4. The summed E-state index contributed by atoms with van der Waals surface area (Å²) in [5, 5.41) is 34.5. The number of carbonyl (C=O) groups is 9. The summed E-state index contributed by atoms with van der Waals surface area (Å²) < 4.78 is 61.4. The second-order valence-electron chi connectivity index (χ2n) is 27.3. The van der Waals surface area contributed by atoms with Crippen molar-refractivity contribution in [2.75, 3.05) is 39.6 Å². The quantitative estimate of drug-likeness (QED) is 0.00502. The number of benzene rings is 7. The molecule has 3 saturated carbocycles. The van der Waals surface area contributed by atoms with Crippen LogP contribution in [0.5, 0.6) is 57.5 Å². The van der Waals surface area contributed by atoms with Crippen molar-refractivity contribution in [3.63, 3.8) is 0 Å². The second kappa shape index (κ2) is 45.2. The summed E-state index contributed by atoms with van der Waals surface area (Å²) >= 11 is 11.9. The van der Waals surface area contributed by atoms with Crippen LogP contribution in [0, 0.1) is 35.5 Å². The van der Waals surface area contributed by atoms with E-state index in [0.717, 1.165) is 40.0 Å². The molecule has 618 valence electrons. The summed E-state index contributed by atoms with van der Waals surface area (Å²) in [6.45, 7) is 11.7. The maximum atomic E-state index is 13.7. The van der Waals surface area contributed by atoms with Gasteiger partial charge in [0.1, 0.15) is 76.4 Å². The van der Waals surface area contributed by atoms with Gasteiger partial charge in [0.25, 0.3) is 0 Å². The van der Waals surface area contributed by atoms with Gasteiger partial charge in [0.15, 0.2) is 11.5 Å². The van der Waals surface area contributed by atoms with E-state index in [1.807, 2.05) is 24.3 Å². The lowest BCUT2D eigenvalue weighted by Gasteiger charge is -2.26. The van der Waals surface area contributed by atoms with Gasteiger partial charge in [-0.15, -0.1) is 22.7 Å². The molecule has 0 bridgehead atoms. The number of phenols is 2. The minimum Gasteiger partial charge on any atom is -0.506 e. The molecule has 0 amide bonds. The monoisotopic (exact) mass is 1690 g/mol. The number of phenolic OH excluding ortho intramolecular Hbond substituents is 2. The fourth-order valence-electron chi connectivity index (χ4n) is 12.8. The molecular formula is C88H84N4O23S4. The Labute approximate surface area is 702 Å². The van der Waals surface area contributed by atoms with Gasteiger partial charge in [0.05, 0.1) is 96.8 Å². The number of esters is 8. The van der Waals surface area contributed by atoms with E-state index >= 15 is 0 Å². The first-order valence-electron chi connectivity index (χ1n) is 38.2. The van der Waals surface area contributed by atoms with Crippen LogP contribution in [0.1, 0.15) is 96.3 Å². The lowest BCUT2D eigenvalue weighted by molar-refractivity contribution is -0.146. The number of ether oxygens (including phenoxy) is 11. The summed E-state index contributed by atoms with van der Waals surface area (Å²) in [6, 6.07) is 40.6. The van der Waals surface area contributed by atoms with Crippen molar-refractivity contribution in [1.82, 2.24) is 9.97 Å². The van der Waals surface area contributed by atoms with E-state index in [0.29, 0.717) is 182 Å². The Hall–Kier alpha value is -12.6. The first-order chi connectivity index (χ1) is 57.7. The minimum absolute atomic E-state index is 0.0576. The number of isothiocyanates is 2. The number of rotatable bonds is 33. The van der Waals surface area contributed by atoms with Gasteiger partial charge in [-0.05, 0) is 247 Å². The Balaban J connectivity index is 0.000000254. The topological polar surface area (TPSA) is 366 Å². The highest BCUT2D eigenvalue weighted by Gasteiger charge is 2.36. The van der Waals surface area contributed by atoms with Gasteiger partial charge >= 0.3 is 53.7 Å². The second-order valence-corrected chi connectivity index (χ2v) is 29.6. The van der Waals surface area contributed by atoms with Crippen LogP contribution < -0.4 is 37.9 Å². The van der Waals surface area contributed by atoms with Gasteiger partial charge in [-0.3, -0.25) is 28.8 Å². The average molecular weight is 1690 g/mol. The van der Waals surface area contributed by atoms with Crippen LogP contribution in [0.4, 0.5) is 11.4 Å². The van der Waals surface area contributed by atoms with E-state index in [9.17, 15) is 53.4 Å². The van der Waals surface area contributed by atoms with Crippen molar-refractivity contribution in [1.29, 1.82) is 0 Å². The number of carbonyl (C=O) groups excluding carboxylic acids is 8. The lowest BCUT2D eigenvalue weighted by atomic mass is 9.82. The Morgan fingerprint density at radius 2 is 0.681 bits per heavy atom. The summed E-state index contributed by atoms with van der Waals surface area (Å²) in [5.74, 6) is -3.03. The lowest BCUT2D eigenvalue weighted by Crippen LogP contribution is -2.30. The molecule has 3 N–H and O–H groups in total. The summed E-state index contributed by atoms with van der Waals surface area (Å²) in [6.07, 6.45) is 10.3.